The van der Waals surface area contributed by atoms with Crippen molar-refractivity contribution < 1.29 is 0 Å². The second-order valence-electron chi connectivity index (χ2n) is 4.95. The molecule has 1 atom stereocenters. The van der Waals surface area contributed by atoms with Gasteiger partial charge in [0.25, 0.3) is 0 Å². The van der Waals surface area contributed by atoms with Crippen LogP contribution in [0.3, 0.4) is 0 Å². The van der Waals surface area contributed by atoms with Gasteiger partial charge in [0, 0.05) is 28.6 Å². The van der Waals surface area contributed by atoms with E-state index >= 15 is 0 Å². The summed E-state index contributed by atoms with van der Waals surface area (Å²) in [5.74, 6) is 0. The molecule has 1 aromatic heterocycles. The quantitative estimate of drug-likeness (QED) is 0.718. The molecule has 0 fully saturated rings. The van der Waals surface area contributed by atoms with Crippen molar-refractivity contribution in [1.82, 2.24) is 10.2 Å². The van der Waals surface area contributed by atoms with Crippen LogP contribution >= 0.6 is 46.1 Å². The van der Waals surface area contributed by atoms with E-state index in [1.165, 1.54) is 4.88 Å². The highest BCUT2D eigenvalue weighted by Crippen LogP contribution is 2.31. The Morgan fingerprint density at radius 3 is 2.48 bits per heavy atom. The molecule has 2 aromatic rings. The summed E-state index contributed by atoms with van der Waals surface area (Å²) in [7, 11) is 4.15. The smallest absolute Gasteiger partial charge is 0.0652 e. The Labute approximate surface area is 144 Å². The van der Waals surface area contributed by atoms with Gasteiger partial charge in [0.05, 0.1) is 16.1 Å². The molecule has 114 valence electrons. The number of hydrogen-bond acceptors (Lipinski definition) is 3. The molecule has 0 amide bonds. The standard InChI is InChI=1S/C15H17Cl3N2S/c1-20(2)13(14-4-3-7-21-14)9-19-8-10-11(16)5-6-12(17)15(10)18/h3-7,13,19H,8-9H2,1-2H3. The molecule has 0 spiro atoms. The normalized spacial score (nSPS) is 12.9. The Kier molecular flexibility index (Phi) is 6.35. The fourth-order valence-corrected chi connectivity index (χ4v) is 3.69. The van der Waals surface area contributed by atoms with Crippen molar-refractivity contribution in [1.29, 1.82) is 0 Å². The topological polar surface area (TPSA) is 15.3 Å². The van der Waals surface area contributed by atoms with Crippen LogP contribution in [0.15, 0.2) is 29.6 Å². The molecule has 2 rings (SSSR count). The summed E-state index contributed by atoms with van der Waals surface area (Å²) in [5.41, 5.74) is 0.842. The lowest BCUT2D eigenvalue weighted by atomic mass is 10.2. The van der Waals surface area contributed by atoms with Crippen LogP contribution in [0, 0.1) is 0 Å². The first-order valence-electron chi connectivity index (χ1n) is 6.53. The molecule has 0 aliphatic carbocycles. The van der Waals surface area contributed by atoms with E-state index in [0.29, 0.717) is 27.7 Å². The second-order valence-corrected chi connectivity index (χ2v) is 7.12. The van der Waals surface area contributed by atoms with Crippen molar-refractivity contribution in [3.8, 4) is 0 Å². The Balaban J connectivity index is 2.02. The van der Waals surface area contributed by atoms with Crippen molar-refractivity contribution >= 4 is 46.1 Å². The minimum Gasteiger partial charge on any atom is -0.311 e. The number of rotatable bonds is 6. The Morgan fingerprint density at radius 2 is 1.86 bits per heavy atom. The van der Waals surface area contributed by atoms with Crippen LogP contribution in [0.5, 0.6) is 0 Å². The molecule has 2 nitrogen and oxygen atoms in total. The molecule has 0 aliphatic rings. The first-order chi connectivity index (χ1) is 10.0. The number of nitrogens with zero attached hydrogens (tertiary/aromatic N) is 1. The summed E-state index contributed by atoms with van der Waals surface area (Å²) < 4.78 is 0. The van der Waals surface area contributed by atoms with E-state index in [2.05, 4.69) is 41.8 Å². The van der Waals surface area contributed by atoms with Crippen LogP contribution in [0.4, 0.5) is 0 Å². The van der Waals surface area contributed by atoms with Gasteiger partial charge in [0.15, 0.2) is 0 Å². The van der Waals surface area contributed by atoms with Gasteiger partial charge in [-0.3, -0.25) is 0 Å². The summed E-state index contributed by atoms with van der Waals surface area (Å²) in [6.45, 7) is 1.40. The largest absolute Gasteiger partial charge is 0.311 e. The molecule has 1 heterocycles. The van der Waals surface area contributed by atoms with E-state index in [9.17, 15) is 0 Å². The molecule has 1 N–H and O–H groups in total. The molecule has 0 saturated carbocycles. The molecule has 0 aliphatic heterocycles. The lowest BCUT2D eigenvalue weighted by Crippen LogP contribution is -2.30. The van der Waals surface area contributed by atoms with E-state index in [1.54, 1.807) is 23.5 Å². The highest BCUT2D eigenvalue weighted by atomic mass is 35.5. The summed E-state index contributed by atoms with van der Waals surface area (Å²) in [6, 6.07) is 8.03. The monoisotopic (exact) mass is 362 g/mol. The average Bonchev–Trinajstić information content (AvgIpc) is 2.95. The zero-order chi connectivity index (χ0) is 15.4. The molecule has 0 bridgehead atoms. The third-order valence-electron chi connectivity index (χ3n) is 3.27. The Hall–Kier alpha value is -0.290. The molecule has 21 heavy (non-hydrogen) atoms. The van der Waals surface area contributed by atoms with Gasteiger partial charge in [0.2, 0.25) is 0 Å². The summed E-state index contributed by atoms with van der Waals surface area (Å²) >= 11 is 20.2. The Bertz CT molecular complexity index is 585. The van der Waals surface area contributed by atoms with Gasteiger partial charge in [0.1, 0.15) is 0 Å². The first-order valence-corrected chi connectivity index (χ1v) is 8.55. The number of hydrogen-bond donors (Lipinski definition) is 1. The van der Waals surface area contributed by atoms with Crippen molar-refractivity contribution in [3.05, 3.63) is 55.2 Å². The summed E-state index contributed by atoms with van der Waals surface area (Å²) in [6.07, 6.45) is 0. The maximum absolute atomic E-state index is 6.21. The van der Waals surface area contributed by atoms with Crippen molar-refractivity contribution in [3.63, 3.8) is 0 Å². The maximum atomic E-state index is 6.21. The summed E-state index contributed by atoms with van der Waals surface area (Å²) in [4.78, 5) is 3.52. The fraction of sp³-hybridized carbons (Fsp3) is 0.333. The van der Waals surface area contributed by atoms with Crippen molar-refractivity contribution in [2.75, 3.05) is 20.6 Å². The average molecular weight is 364 g/mol. The molecule has 1 aromatic carbocycles. The van der Waals surface area contributed by atoms with Crippen LogP contribution in [0.2, 0.25) is 15.1 Å². The van der Waals surface area contributed by atoms with Gasteiger partial charge in [-0.2, -0.15) is 0 Å². The minimum absolute atomic E-state index is 0.321. The molecular formula is C15H17Cl3N2S. The Morgan fingerprint density at radius 1 is 1.14 bits per heavy atom. The van der Waals surface area contributed by atoms with Crippen LogP contribution in [0.1, 0.15) is 16.5 Å². The van der Waals surface area contributed by atoms with E-state index in [-0.39, 0.29) is 0 Å². The molecule has 1 unspecified atom stereocenters. The van der Waals surface area contributed by atoms with Gasteiger partial charge < -0.3 is 10.2 Å². The summed E-state index contributed by atoms with van der Waals surface area (Å²) in [5, 5.41) is 7.20. The predicted molar refractivity (Wildman–Crippen MR) is 93.9 cm³/mol. The van der Waals surface area contributed by atoms with E-state index < -0.39 is 0 Å². The van der Waals surface area contributed by atoms with Crippen molar-refractivity contribution in [2.45, 2.75) is 12.6 Å². The van der Waals surface area contributed by atoms with E-state index in [4.69, 9.17) is 34.8 Å². The third kappa shape index (κ3) is 4.35. The number of nitrogens with one attached hydrogen (secondary N) is 1. The van der Waals surface area contributed by atoms with Crippen LogP contribution in [-0.2, 0) is 6.54 Å². The lowest BCUT2D eigenvalue weighted by molar-refractivity contribution is 0.292. The second kappa shape index (κ2) is 7.82. The first kappa shape index (κ1) is 17.1. The fourth-order valence-electron chi connectivity index (χ4n) is 2.08. The molecule has 0 radical (unpaired) electrons. The SMILES string of the molecule is CN(C)C(CNCc1c(Cl)ccc(Cl)c1Cl)c1cccs1. The number of thiophene rings is 1. The van der Waals surface area contributed by atoms with Crippen LogP contribution in [-0.4, -0.2) is 25.5 Å². The highest BCUT2D eigenvalue weighted by molar-refractivity contribution is 7.10. The van der Waals surface area contributed by atoms with Crippen molar-refractivity contribution in [2.24, 2.45) is 0 Å². The highest BCUT2D eigenvalue weighted by Gasteiger charge is 2.15. The van der Waals surface area contributed by atoms with Gasteiger partial charge >= 0.3 is 0 Å². The third-order valence-corrected chi connectivity index (χ3v) is 5.44. The lowest BCUT2D eigenvalue weighted by Gasteiger charge is -2.24. The predicted octanol–water partition coefficient (Wildman–Crippen LogP) is 5.10. The minimum atomic E-state index is 0.321. The molecule has 0 saturated heterocycles. The maximum Gasteiger partial charge on any atom is 0.0652 e. The van der Waals surface area contributed by atoms with E-state index in [0.717, 1.165) is 12.1 Å². The number of likely N-dealkylation sites (N-methyl/N-ethyl adjacent to an activating group) is 1. The number of halogens is 3. The zero-order valence-electron chi connectivity index (χ0n) is 11.9. The number of benzene rings is 1. The van der Waals surface area contributed by atoms with Crippen LogP contribution < -0.4 is 5.32 Å². The van der Waals surface area contributed by atoms with Gasteiger partial charge in [-0.25, -0.2) is 0 Å². The van der Waals surface area contributed by atoms with Gasteiger partial charge in [-0.15, -0.1) is 11.3 Å². The van der Waals surface area contributed by atoms with Crippen LogP contribution in [0.25, 0.3) is 0 Å². The molecule has 6 heteroatoms. The van der Waals surface area contributed by atoms with Gasteiger partial charge in [-0.05, 0) is 37.7 Å². The van der Waals surface area contributed by atoms with Gasteiger partial charge in [-0.1, -0.05) is 40.9 Å². The zero-order valence-corrected chi connectivity index (χ0v) is 15.0. The molecular weight excluding hydrogens is 347 g/mol. The van der Waals surface area contributed by atoms with E-state index in [1.807, 2.05) is 0 Å².